The van der Waals surface area contributed by atoms with Crippen LogP contribution >= 0.6 is 0 Å². The molecule has 0 spiro atoms. The molecule has 0 heterocycles. The Morgan fingerprint density at radius 1 is 0.739 bits per heavy atom. The third kappa shape index (κ3) is 7.28. The Bertz CT molecular complexity index is 310. The quantitative estimate of drug-likeness (QED) is 0.487. The fourth-order valence-electron chi connectivity index (χ4n) is 4.44. The van der Waals surface area contributed by atoms with E-state index in [2.05, 4.69) is 13.0 Å². The van der Waals surface area contributed by atoms with E-state index in [1.165, 1.54) is 64.2 Å². The van der Waals surface area contributed by atoms with Gasteiger partial charge in [0.05, 0.1) is 12.9 Å². The molecule has 2 heteroatoms. The smallest absolute Gasteiger partial charge is 0.0901 e. The molecule has 23 heavy (non-hydrogen) atoms. The minimum absolute atomic E-state index is 0.803. The summed E-state index contributed by atoms with van der Waals surface area (Å²) in [6.45, 7) is 4.06. The molecule has 0 N–H and O–H groups in total. The van der Waals surface area contributed by atoms with Gasteiger partial charge in [-0.2, -0.15) is 0 Å². The Morgan fingerprint density at radius 3 is 1.70 bits per heavy atom. The lowest BCUT2D eigenvalue weighted by molar-refractivity contribution is 0.113. The molecule has 0 atom stereocenters. The van der Waals surface area contributed by atoms with Crippen molar-refractivity contribution >= 4 is 0 Å². The number of hydrogen-bond acceptors (Lipinski definition) is 2. The Morgan fingerprint density at radius 2 is 1.22 bits per heavy atom. The molecular weight excluding hydrogens is 284 g/mol. The topological polar surface area (TPSA) is 18.5 Å². The van der Waals surface area contributed by atoms with Crippen molar-refractivity contribution in [1.82, 2.24) is 0 Å². The van der Waals surface area contributed by atoms with Gasteiger partial charge >= 0.3 is 0 Å². The Balaban J connectivity index is 1.52. The van der Waals surface area contributed by atoms with Gasteiger partial charge in [-0.05, 0) is 55.8 Å². The van der Waals surface area contributed by atoms with Crippen LogP contribution < -0.4 is 0 Å². The van der Waals surface area contributed by atoms with Gasteiger partial charge in [-0.15, -0.1) is 0 Å². The molecular formula is C21H38O2. The van der Waals surface area contributed by atoms with Crippen molar-refractivity contribution in [2.45, 2.75) is 77.6 Å². The highest BCUT2D eigenvalue weighted by molar-refractivity contribution is 4.77. The predicted octanol–water partition coefficient (Wildman–Crippen LogP) is 5.97. The molecule has 0 aromatic rings. The first kappa shape index (κ1) is 18.8. The van der Waals surface area contributed by atoms with Crippen molar-refractivity contribution in [3.05, 3.63) is 12.3 Å². The second-order valence-corrected chi connectivity index (χ2v) is 7.92. The normalized spacial score (nSPS) is 32.3. The summed E-state index contributed by atoms with van der Waals surface area (Å²) < 4.78 is 11.0. The van der Waals surface area contributed by atoms with E-state index in [9.17, 15) is 0 Å². The van der Waals surface area contributed by atoms with E-state index in [-0.39, 0.29) is 0 Å². The second-order valence-electron chi connectivity index (χ2n) is 7.92. The van der Waals surface area contributed by atoms with Gasteiger partial charge in [0.2, 0.25) is 0 Å². The van der Waals surface area contributed by atoms with Gasteiger partial charge in [0.25, 0.3) is 0 Å². The summed E-state index contributed by atoms with van der Waals surface area (Å²) in [5.74, 6) is 3.64. The molecule has 2 fully saturated rings. The van der Waals surface area contributed by atoms with Crippen LogP contribution in [0.2, 0.25) is 0 Å². The molecule has 2 aliphatic carbocycles. The fourth-order valence-corrected chi connectivity index (χ4v) is 4.44. The highest BCUT2D eigenvalue weighted by Crippen LogP contribution is 2.36. The lowest BCUT2D eigenvalue weighted by atomic mass is 9.76. The van der Waals surface area contributed by atoms with Gasteiger partial charge in [0.1, 0.15) is 0 Å². The van der Waals surface area contributed by atoms with Crippen LogP contribution in [0.1, 0.15) is 77.6 Å². The molecule has 2 nitrogen and oxygen atoms in total. The number of hydrogen-bond donors (Lipinski definition) is 0. The highest BCUT2D eigenvalue weighted by atomic mass is 16.5. The van der Waals surface area contributed by atoms with E-state index in [0.29, 0.717) is 0 Å². The van der Waals surface area contributed by atoms with Gasteiger partial charge in [0, 0.05) is 13.7 Å². The summed E-state index contributed by atoms with van der Waals surface area (Å²) in [5, 5.41) is 0. The van der Waals surface area contributed by atoms with Crippen molar-refractivity contribution in [3.8, 4) is 0 Å². The number of methoxy groups -OCH3 is 1. The third-order valence-electron chi connectivity index (χ3n) is 6.08. The van der Waals surface area contributed by atoms with Crippen molar-refractivity contribution < 1.29 is 9.47 Å². The summed E-state index contributed by atoms with van der Waals surface area (Å²) >= 11 is 0. The summed E-state index contributed by atoms with van der Waals surface area (Å²) in [7, 11) is 1.84. The van der Waals surface area contributed by atoms with Gasteiger partial charge in [0.15, 0.2) is 0 Å². The van der Waals surface area contributed by atoms with Crippen molar-refractivity contribution in [3.63, 3.8) is 0 Å². The highest BCUT2D eigenvalue weighted by Gasteiger charge is 2.24. The standard InChI is InChI=1S/C21H38O2/c1-3-4-15-23-17-21-13-9-19(10-14-21)6-5-18-7-11-20(12-8-18)16-22-2/h4,15,18-21H,3,5-14,16-17H2,1-2H3. The third-order valence-corrected chi connectivity index (χ3v) is 6.08. The van der Waals surface area contributed by atoms with Gasteiger partial charge in [-0.1, -0.05) is 51.5 Å². The Hall–Kier alpha value is -0.500. The molecule has 0 radical (unpaired) electrons. The van der Waals surface area contributed by atoms with E-state index in [1.807, 2.05) is 13.4 Å². The second kappa shape index (κ2) is 11.1. The van der Waals surface area contributed by atoms with Crippen LogP contribution in [0.4, 0.5) is 0 Å². The van der Waals surface area contributed by atoms with Crippen LogP contribution in [-0.4, -0.2) is 20.3 Å². The van der Waals surface area contributed by atoms with E-state index < -0.39 is 0 Å². The first-order chi connectivity index (χ1) is 11.3. The average Bonchev–Trinajstić information content (AvgIpc) is 2.59. The Kier molecular flexibility index (Phi) is 9.11. The molecule has 0 amide bonds. The zero-order valence-electron chi connectivity index (χ0n) is 15.5. The monoisotopic (exact) mass is 322 g/mol. The van der Waals surface area contributed by atoms with Crippen molar-refractivity contribution in [2.24, 2.45) is 23.7 Å². The summed E-state index contributed by atoms with van der Waals surface area (Å²) in [6, 6.07) is 0. The Labute approximate surface area is 144 Å². The minimum atomic E-state index is 0.803. The largest absolute Gasteiger partial charge is 0.501 e. The van der Waals surface area contributed by atoms with E-state index in [0.717, 1.165) is 43.3 Å². The van der Waals surface area contributed by atoms with Crippen molar-refractivity contribution in [1.29, 1.82) is 0 Å². The van der Waals surface area contributed by atoms with Gasteiger partial charge in [-0.25, -0.2) is 0 Å². The molecule has 0 aromatic carbocycles. The number of ether oxygens (including phenoxy) is 2. The number of rotatable bonds is 9. The summed E-state index contributed by atoms with van der Waals surface area (Å²) in [6.07, 6.45) is 19.3. The fraction of sp³-hybridized carbons (Fsp3) is 0.905. The predicted molar refractivity (Wildman–Crippen MR) is 97.4 cm³/mol. The van der Waals surface area contributed by atoms with Crippen molar-refractivity contribution in [2.75, 3.05) is 20.3 Å². The molecule has 0 aliphatic heterocycles. The average molecular weight is 323 g/mol. The van der Waals surface area contributed by atoms with E-state index in [4.69, 9.17) is 9.47 Å². The molecule has 134 valence electrons. The van der Waals surface area contributed by atoms with Crippen LogP contribution in [0.25, 0.3) is 0 Å². The first-order valence-electron chi connectivity index (χ1n) is 10.1. The van der Waals surface area contributed by atoms with E-state index >= 15 is 0 Å². The maximum absolute atomic E-state index is 5.64. The first-order valence-corrected chi connectivity index (χ1v) is 10.1. The molecule has 0 unspecified atom stereocenters. The molecule has 2 aliphatic rings. The molecule has 0 saturated heterocycles. The summed E-state index contributed by atoms with van der Waals surface area (Å²) in [4.78, 5) is 0. The zero-order chi connectivity index (χ0) is 16.3. The molecule has 2 saturated carbocycles. The molecule has 2 rings (SSSR count). The zero-order valence-corrected chi connectivity index (χ0v) is 15.5. The van der Waals surface area contributed by atoms with Crippen LogP contribution in [0, 0.1) is 23.7 Å². The van der Waals surface area contributed by atoms with E-state index in [1.54, 1.807) is 0 Å². The van der Waals surface area contributed by atoms with Gasteiger partial charge < -0.3 is 9.47 Å². The maximum atomic E-state index is 5.64. The van der Waals surface area contributed by atoms with Crippen LogP contribution in [-0.2, 0) is 9.47 Å². The SMILES string of the molecule is CCC=COCC1CCC(CCC2CCC(COC)CC2)CC1. The lowest BCUT2D eigenvalue weighted by Crippen LogP contribution is -2.21. The minimum Gasteiger partial charge on any atom is -0.501 e. The van der Waals surface area contributed by atoms with Crippen LogP contribution in [0.5, 0.6) is 0 Å². The summed E-state index contributed by atoms with van der Waals surface area (Å²) in [5.41, 5.74) is 0. The lowest BCUT2D eigenvalue weighted by Gasteiger charge is -2.31. The number of allylic oxidation sites excluding steroid dienone is 1. The molecule has 0 aromatic heterocycles. The van der Waals surface area contributed by atoms with Crippen LogP contribution in [0.3, 0.4) is 0 Å². The molecule has 0 bridgehead atoms. The van der Waals surface area contributed by atoms with Crippen LogP contribution in [0.15, 0.2) is 12.3 Å². The maximum Gasteiger partial charge on any atom is 0.0901 e. The van der Waals surface area contributed by atoms with Gasteiger partial charge in [-0.3, -0.25) is 0 Å².